The molecule has 0 aliphatic heterocycles. The van der Waals surface area contributed by atoms with Gasteiger partial charge in [-0.25, -0.2) is 0 Å². The van der Waals surface area contributed by atoms with Crippen molar-refractivity contribution in [1.29, 1.82) is 0 Å². The fourth-order valence-electron chi connectivity index (χ4n) is 2.12. The summed E-state index contributed by atoms with van der Waals surface area (Å²) < 4.78 is 0. The Labute approximate surface area is 116 Å². The smallest absolute Gasteiger partial charge is 0.0900 e. The second-order valence-electron chi connectivity index (χ2n) is 4.89. The van der Waals surface area contributed by atoms with E-state index in [1.165, 1.54) is 5.69 Å². The number of aromatic amines is 1. The Hall–Kier alpha value is -1.87. The van der Waals surface area contributed by atoms with Gasteiger partial charge in [0.15, 0.2) is 0 Å². The van der Waals surface area contributed by atoms with Gasteiger partial charge in [0, 0.05) is 34.6 Å². The van der Waals surface area contributed by atoms with Gasteiger partial charge in [0.2, 0.25) is 0 Å². The summed E-state index contributed by atoms with van der Waals surface area (Å²) in [6, 6.07) is 6.16. The quantitative estimate of drug-likeness (QED) is 0.750. The van der Waals surface area contributed by atoms with Crippen LogP contribution in [0.4, 0.5) is 0 Å². The van der Waals surface area contributed by atoms with Crippen molar-refractivity contribution < 1.29 is 0 Å². The van der Waals surface area contributed by atoms with E-state index in [1.54, 1.807) is 18.6 Å². The number of aromatic nitrogens is 3. The van der Waals surface area contributed by atoms with Gasteiger partial charge < -0.3 is 4.98 Å². The lowest BCUT2D eigenvalue weighted by Gasteiger charge is -2.03. The molecule has 0 radical (unpaired) electrons. The Bertz CT molecular complexity index is 717. The van der Waals surface area contributed by atoms with Crippen LogP contribution in [0.1, 0.15) is 25.5 Å². The van der Waals surface area contributed by atoms with Crippen LogP contribution in [0, 0.1) is 0 Å². The van der Waals surface area contributed by atoms with Crippen molar-refractivity contribution in [2.24, 2.45) is 0 Å². The Morgan fingerprint density at radius 2 is 2.00 bits per heavy atom. The van der Waals surface area contributed by atoms with E-state index in [2.05, 4.69) is 34.9 Å². The zero-order chi connectivity index (χ0) is 13.4. The molecule has 96 valence electrons. The van der Waals surface area contributed by atoms with E-state index in [1.807, 2.05) is 12.1 Å². The minimum absolute atomic E-state index is 0.464. The van der Waals surface area contributed by atoms with Crippen LogP contribution in [-0.4, -0.2) is 15.0 Å². The SMILES string of the molecule is CC(C)c1cc2cc(Cl)c(-c3cnccn3)cc2[nH]1. The maximum Gasteiger partial charge on any atom is 0.0900 e. The summed E-state index contributed by atoms with van der Waals surface area (Å²) in [5.41, 5.74) is 3.98. The van der Waals surface area contributed by atoms with Gasteiger partial charge in [-0.2, -0.15) is 0 Å². The van der Waals surface area contributed by atoms with Crippen LogP contribution in [0.15, 0.2) is 36.8 Å². The molecular weight excluding hydrogens is 258 g/mol. The molecule has 3 aromatic rings. The van der Waals surface area contributed by atoms with Crippen LogP contribution in [0.3, 0.4) is 0 Å². The second-order valence-corrected chi connectivity index (χ2v) is 5.30. The summed E-state index contributed by atoms with van der Waals surface area (Å²) in [5.74, 6) is 0.464. The van der Waals surface area contributed by atoms with Crippen LogP contribution in [0.5, 0.6) is 0 Å². The van der Waals surface area contributed by atoms with Crippen LogP contribution in [-0.2, 0) is 0 Å². The molecule has 0 spiro atoms. The average molecular weight is 272 g/mol. The van der Waals surface area contributed by atoms with Gasteiger partial charge in [-0.15, -0.1) is 0 Å². The molecule has 0 saturated heterocycles. The molecule has 1 N–H and O–H groups in total. The third-order valence-corrected chi connectivity index (χ3v) is 3.50. The van der Waals surface area contributed by atoms with Gasteiger partial charge in [0.1, 0.15) is 0 Å². The van der Waals surface area contributed by atoms with Crippen molar-refractivity contribution >= 4 is 22.5 Å². The molecule has 0 atom stereocenters. The highest BCUT2D eigenvalue weighted by Crippen LogP contribution is 2.32. The fourth-order valence-corrected chi connectivity index (χ4v) is 2.39. The van der Waals surface area contributed by atoms with Crippen LogP contribution in [0.25, 0.3) is 22.2 Å². The van der Waals surface area contributed by atoms with E-state index < -0.39 is 0 Å². The molecule has 2 heterocycles. The standard InChI is InChI=1S/C15H14ClN3/c1-9(2)13-6-10-5-12(16)11(7-14(10)19-13)15-8-17-3-4-18-15/h3-9,19H,1-2H3. The van der Waals surface area contributed by atoms with Crippen molar-refractivity contribution in [2.75, 3.05) is 0 Å². The zero-order valence-electron chi connectivity index (χ0n) is 10.8. The van der Waals surface area contributed by atoms with E-state index in [4.69, 9.17) is 11.6 Å². The highest BCUT2D eigenvalue weighted by molar-refractivity contribution is 6.34. The molecule has 4 heteroatoms. The molecule has 0 amide bonds. The predicted octanol–water partition coefficient (Wildman–Crippen LogP) is 4.40. The van der Waals surface area contributed by atoms with Crippen LogP contribution < -0.4 is 0 Å². The van der Waals surface area contributed by atoms with Crippen LogP contribution in [0.2, 0.25) is 5.02 Å². The molecule has 3 nitrogen and oxygen atoms in total. The molecule has 0 fully saturated rings. The molecule has 0 unspecified atom stereocenters. The van der Waals surface area contributed by atoms with Gasteiger partial charge in [-0.1, -0.05) is 25.4 Å². The maximum atomic E-state index is 6.34. The molecule has 19 heavy (non-hydrogen) atoms. The maximum absolute atomic E-state index is 6.34. The van der Waals surface area contributed by atoms with Gasteiger partial charge in [-0.05, 0) is 24.1 Å². The van der Waals surface area contributed by atoms with E-state index in [9.17, 15) is 0 Å². The third kappa shape index (κ3) is 2.22. The molecule has 0 aliphatic carbocycles. The van der Waals surface area contributed by atoms with Gasteiger partial charge in [-0.3, -0.25) is 9.97 Å². The van der Waals surface area contributed by atoms with E-state index in [-0.39, 0.29) is 0 Å². The fraction of sp³-hybridized carbons (Fsp3) is 0.200. The number of H-pyrrole nitrogens is 1. The first-order chi connectivity index (χ1) is 9.15. The first kappa shape index (κ1) is 12.2. The van der Waals surface area contributed by atoms with Crippen molar-refractivity contribution in [3.8, 4) is 11.3 Å². The number of benzene rings is 1. The molecule has 0 saturated carbocycles. The topological polar surface area (TPSA) is 41.6 Å². The lowest BCUT2D eigenvalue weighted by atomic mass is 10.1. The lowest BCUT2D eigenvalue weighted by molar-refractivity contribution is 0.836. The molecule has 3 rings (SSSR count). The Kier molecular flexibility index (Phi) is 2.99. The van der Waals surface area contributed by atoms with Crippen molar-refractivity contribution in [1.82, 2.24) is 15.0 Å². The number of fused-ring (bicyclic) bond motifs is 1. The zero-order valence-corrected chi connectivity index (χ0v) is 11.6. The molecule has 1 aromatic carbocycles. The van der Waals surface area contributed by atoms with Crippen molar-refractivity contribution in [3.63, 3.8) is 0 Å². The summed E-state index contributed by atoms with van der Waals surface area (Å²) in [5, 5.41) is 1.82. The summed E-state index contributed by atoms with van der Waals surface area (Å²) in [6.45, 7) is 4.33. The largest absolute Gasteiger partial charge is 0.358 e. The molecular formula is C15H14ClN3. The summed E-state index contributed by atoms with van der Waals surface area (Å²) in [6.07, 6.45) is 5.05. The van der Waals surface area contributed by atoms with E-state index in [0.717, 1.165) is 22.2 Å². The number of hydrogen-bond acceptors (Lipinski definition) is 2. The summed E-state index contributed by atoms with van der Waals surface area (Å²) >= 11 is 6.34. The third-order valence-electron chi connectivity index (χ3n) is 3.19. The highest BCUT2D eigenvalue weighted by Gasteiger charge is 2.10. The number of nitrogens with one attached hydrogen (secondary N) is 1. The van der Waals surface area contributed by atoms with Crippen LogP contribution >= 0.6 is 11.6 Å². The van der Waals surface area contributed by atoms with Crippen molar-refractivity contribution in [2.45, 2.75) is 19.8 Å². The lowest BCUT2D eigenvalue weighted by Crippen LogP contribution is -1.86. The first-order valence-electron chi connectivity index (χ1n) is 6.23. The van der Waals surface area contributed by atoms with Gasteiger partial charge >= 0.3 is 0 Å². The number of hydrogen-bond donors (Lipinski definition) is 1. The Balaban J connectivity index is 2.19. The van der Waals surface area contributed by atoms with E-state index >= 15 is 0 Å². The average Bonchev–Trinajstić information content (AvgIpc) is 2.82. The summed E-state index contributed by atoms with van der Waals surface area (Å²) in [7, 11) is 0. The normalized spacial score (nSPS) is 11.4. The monoisotopic (exact) mass is 271 g/mol. The highest BCUT2D eigenvalue weighted by atomic mass is 35.5. The number of rotatable bonds is 2. The van der Waals surface area contributed by atoms with Gasteiger partial charge in [0.05, 0.1) is 16.9 Å². The van der Waals surface area contributed by atoms with Gasteiger partial charge in [0.25, 0.3) is 0 Å². The Morgan fingerprint density at radius 1 is 1.16 bits per heavy atom. The van der Waals surface area contributed by atoms with E-state index in [0.29, 0.717) is 10.9 Å². The molecule has 2 aromatic heterocycles. The second kappa shape index (κ2) is 4.67. The molecule has 0 bridgehead atoms. The minimum Gasteiger partial charge on any atom is -0.358 e. The summed E-state index contributed by atoms with van der Waals surface area (Å²) in [4.78, 5) is 11.8. The predicted molar refractivity (Wildman–Crippen MR) is 78.4 cm³/mol. The minimum atomic E-state index is 0.464. The first-order valence-corrected chi connectivity index (χ1v) is 6.61. The number of halogens is 1. The van der Waals surface area contributed by atoms with Crippen molar-refractivity contribution in [3.05, 3.63) is 47.5 Å². The Morgan fingerprint density at radius 3 is 2.68 bits per heavy atom. The number of nitrogens with zero attached hydrogens (tertiary/aromatic N) is 2. The molecule has 0 aliphatic rings.